The van der Waals surface area contributed by atoms with Gasteiger partial charge in [0.1, 0.15) is 0 Å². The van der Waals surface area contributed by atoms with Gasteiger partial charge >= 0.3 is 0 Å². The van der Waals surface area contributed by atoms with Gasteiger partial charge in [0, 0.05) is 18.9 Å². The van der Waals surface area contributed by atoms with Crippen LogP contribution in [0.4, 0.5) is 5.95 Å². The summed E-state index contributed by atoms with van der Waals surface area (Å²) in [7, 11) is 0. The van der Waals surface area contributed by atoms with Gasteiger partial charge in [0.15, 0.2) is 0 Å². The van der Waals surface area contributed by atoms with Crippen LogP contribution in [0.3, 0.4) is 0 Å². The molecule has 0 unspecified atom stereocenters. The lowest BCUT2D eigenvalue weighted by Gasteiger charge is -2.08. The first-order valence-electron chi connectivity index (χ1n) is 6.47. The zero-order valence-corrected chi connectivity index (χ0v) is 11.1. The molecule has 1 N–H and O–H groups in total. The molecular weight excluding hydrogens is 224 g/mol. The summed E-state index contributed by atoms with van der Waals surface area (Å²) in [4.78, 5) is 8.80. The molecule has 2 heterocycles. The predicted molar refractivity (Wildman–Crippen MR) is 73.4 cm³/mol. The van der Waals surface area contributed by atoms with E-state index in [1.165, 1.54) is 12.8 Å². The number of nitrogens with zero attached hydrogens (tertiary/aromatic N) is 3. The van der Waals surface area contributed by atoms with Crippen molar-refractivity contribution in [2.45, 2.75) is 39.8 Å². The van der Waals surface area contributed by atoms with Crippen LogP contribution in [0, 0.1) is 6.92 Å². The number of rotatable bonds is 6. The number of nitrogens with one attached hydrogen (secondary N) is 1. The van der Waals surface area contributed by atoms with E-state index >= 15 is 0 Å². The summed E-state index contributed by atoms with van der Waals surface area (Å²) in [5.74, 6) is 0.937. The van der Waals surface area contributed by atoms with Gasteiger partial charge in [-0.3, -0.25) is 4.98 Å². The molecule has 2 aromatic rings. The van der Waals surface area contributed by atoms with Gasteiger partial charge in [-0.25, -0.2) is 4.98 Å². The third-order valence-corrected chi connectivity index (χ3v) is 2.80. The van der Waals surface area contributed by atoms with Crippen molar-refractivity contribution in [2.75, 3.05) is 5.32 Å². The lowest BCUT2D eigenvalue weighted by molar-refractivity contribution is 0.634. The zero-order chi connectivity index (χ0) is 12.8. The number of hydrogen-bond donors (Lipinski definition) is 1. The van der Waals surface area contributed by atoms with Gasteiger partial charge in [0.05, 0.1) is 17.9 Å². The molecule has 0 aliphatic heterocycles. The van der Waals surface area contributed by atoms with Crippen LogP contribution < -0.4 is 5.32 Å². The van der Waals surface area contributed by atoms with Crippen molar-refractivity contribution in [3.8, 4) is 0 Å². The van der Waals surface area contributed by atoms with Crippen LogP contribution in [0.2, 0.25) is 0 Å². The molecule has 0 saturated carbocycles. The highest BCUT2D eigenvalue weighted by Gasteiger charge is 2.04. The van der Waals surface area contributed by atoms with Crippen LogP contribution in [-0.4, -0.2) is 14.5 Å². The Hall–Kier alpha value is -1.84. The average Bonchev–Trinajstić information content (AvgIpc) is 2.75. The smallest absolute Gasteiger partial charge is 0.203 e. The topological polar surface area (TPSA) is 42.7 Å². The maximum absolute atomic E-state index is 4.50. The second kappa shape index (κ2) is 6.19. The monoisotopic (exact) mass is 244 g/mol. The Labute approximate surface area is 108 Å². The number of aromatic nitrogens is 3. The molecule has 0 aliphatic rings. The van der Waals surface area contributed by atoms with Gasteiger partial charge in [0.2, 0.25) is 5.95 Å². The zero-order valence-electron chi connectivity index (χ0n) is 11.1. The number of pyridine rings is 1. The standard InChI is InChI=1S/C14H20N4/c1-3-4-9-18-11-12(2)17-14(18)16-10-13-7-5-6-8-15-13/h5-8,11H,3-4,9-10H2,1-2H3,(H,16,17). The highest BCUT2D eigenvalue weighted by atomic mass is 15.2. The van der Waals surface area contributed by atoms with Crippen LogP contribution >= 0.6 is 0 Å². The Morgan fingerprint density at radius 1 is 1.33 bits per heavy atom. The first-order valence-corrected chi connectivity index (χ1v) is 6.47. The van der Waals surface area contributed by atoms with Gasteiger partial charge < -0.3 is 9.88 Å². The molecule has 96 valence electrons. The second-order valence-electron chi connectivity index (χ2n) is 4.43. The minimum absolute atomic E-state index is 0.712. The van der Waals surface area contributed by atoms with Crippen molar-refractivity contribution < 1.29 is 0 Å². The number of hydrogen-bond acceptors (Lipinski definition) is 3. The molecule has 2 aromatic heterocycles. The molecule has 0 bridgehead atoms. The first kappa shape index (κ1) is 12.6. The molecule has 0 amide bonds. The summed E-state index contributed by atoms with van der Waals surface area (Å²) >= 11 is 0. The van der Waals surface area contributed by atoms with Crippen molar-refractivity contribution >= 4 is 5.95 Å². The van der Waals surface area contributed by atoms with Crippen LogP contribution in [-0.2, 0) is 13.1 Å². The third-order valence-electron chi connectivity index (χ3n) is 2.80. The van der Waals surface area contributed by atoms with E-state index < -0.39 is 0 Å². The second-order valence-corrected chi connectivity index (χ2v) is 4.43. The van der Waals surface area contributed by atoms with Gasteiger partial charge in [-0.2, -0.15) is 0 Å². The molecule has 4 nitrogen and oxygen atoms in total. The lowest BCUT2D eigenvalue weighted by Crippen LogP contribution is -2.08. The summed E-state index contributed by atoms with van der Waals surface area (Å²) in [5.41, 5.74) is 2.08. The van der Waals surface area contributed by atoms with Gasteiger partial charge in [-0.15, -0.1) is 0 Å². The van der Waals surface area contributed by atoms with Crippen molar-refractivity contribution in [2.24, 2.45) is 0 Å². The van der Waals surface area contributed by atoms with E-state index in [4.69, 9.17) is 0 Å². The first-order chi connectivity index (χ1) is 8.79. The highest BCUT2D eigenvalue weighted by molar-refractivity contribution is 5.29. The largest absolute Gasteiger partial charge is 0.350 e. The van der Waals surface area contributed by atoms with Crippen molar-refractivity contribution in [3.63, 3.8) is 0 Å². The number of anilines is 1. The molecule has 2 rings (SSSR count). The molecule has 0 radical (unpaired) electrons. The summed E-state index contributed by atoms with van der Waals surface area (Å²) in [6.07, 6.45) is 6.27. The number of aryl methyl sites for hydroxylation is 2. The Morgan fingerprint density at radius 2 is 2.22 bits per heavy atom. The molecule has 0 aliphatic carbocycles. The maximum atomic E-state index is 4.50. The van der Waals surface area contributed by atoms with E-state index in [2.05, 4.69) is 33.0 Å². The van der Waals surface area contributed by atoms with E-state index in [0.29, 0.717) is 6.54 Å². The molecule has 0 atom stereocenters. The highest BCUT2D eigenvalue weighted by Crippen LogP contribution is 2.11. The minimum Gasteiger partial charge on any atom is -0.350 e. The predicted octanol–water partition coefficient (Wildman–Crippen LogP) is 3.00. The number of imidazole rings is 1. The average molecular weight is 244 g/mol. The molecule has 0 fully saturated rings. The fourth-order valence-corrected chi connectivity index (χ4v) is 1.86. The maximum Gasteiger partial charge on any atom is 0.203 e. The normalized spacial score (nSPS) is 10.6. The fraction of sp³-hybridized carbons (Fsp3) is 0.429. The Kier molecular flexibility index (Phi) is 4.34. The van der Waals surface area contributed by atoms with Crippen LogP contribution in [0.1, 0.15) is 31.2 Å². The Morgan fingerprint density at radius 3 is 2.94 bits per heavy atom. The summed E-state index contributed by atoms with van der Waals surface area (Å²) in [6, 6.07) is 5.94. The molecule has 18 heavy (non-hydrogen) atoms. The van der Waals surface area contributed by atoms with Crippen molar-refractivity contribution in [1.82, 2.24) is 14.5 Å². The fourth-order valence-electron chi connectivity index (χ4n) is 1.86. The summed E-state index contributed by atoms with van der Waals surface area (Å²) < 4.78 is 2.18. The SMILES string of the molecule is CCCCn1cc(C)nc1NCc1ccccn1. The minimum atomic E-state index is 0.712. The summed E-state index contributed by atoms with van der Waals surface area (Å²) in [5, 5.41) is 3.35. The Bertz CT molecular complexity index is 476. The van der Waals surface area contributed by atoms with E-state index in [9.17, 15) is 0 Å². The van der Waals surface area contributed by atoms with E-state index in [-0.39, 0.29) is 0 Å². The lowest BCUT2D eigenvalue weighted by atomic mass is 10.3. The number of unbranched alkanes of at least 4 members (excludes halogenated alkanes) is 1. The molecule has 4 heteroatoms. The summed E-state index contributed by atoms with van der Waals surface area (Å²) in [6.45, 7) is 5.95. The van der Waals surface area contributed by atoms with Gasteiger partial charge in [-0.05, 0) is 25.5 Å². The molecule has 0 saturated heterocycles. The van der Waals surface area contributed by atoms with E-state index in [1.54, 1.807) is 0 Å². The van der Waals surface area contributed by atoms with E-state index in [0.717, 1.165) is 23.9 Å². The van der Waals surface area contributed by atoms with Crippen LogP contribution in [0.5, 0.6) is 0 Å². The molecular formula is C14H20N4. The van der Waals surface area contributed by atoms with Crippen molar-refractivity contribution in [3.05, 3.63) is 42.0 Å². The quantitative estimate of drug-likeness (QED) is 0.849. The van der Waals surface area contributed by atoms with Gasteiger partial charge in [-0.1, -0.05) is 19.4 Å². The Balaban J connectivity index is 2.00. The molecule has 0 spiro atoms. The van der Waals surface area contributed by atoms with Crippen LogP contribution in [0.15, 0.2) is 30.6 Å². The third kappa shape index (κ3) is 3.32. The van der Waals surface area contributed by atoms with Gasteiger partial charge in [0.25, 0.3) is 0 Å². The van der Waals surface area contributed by atoms with Crippen LogP contribution in [0.25, 0.3) is 0 Å². The molecule has 0 aromatic carbocycles. The van der Waals surface area contributed by atoms with E-state index in [1.807, 2.05) is 31.3 Å². The van der Waals surface area contributed by atoms with Crippen molar-refractivity contribution in [1.29, 1.82) is 0 Å².